The minimum Gasteiger partial charge on any atom is -0.515 e. The lowest BCUT2D eigenvalue weighted by Gasteiger charge is -2.03. The molecule has 1 heterocycles. The van der Waals surface area contributed by atoms with Crippen LogP contribution < -0.4 is 5.22 Å². The Balaban J connectivity index is 2.73. The van der Waals surface area contributed by atoms with Crippen LogP contribution in [0.2, 0.25) is 0 Å². The molecule has 15 heavy (non-hydrogen) atoms. The van der Waals surface area contributed by atoms with Crippen LogP contribution in [0.1, 0.15) is 0 Å². The normalized spacial score (nSPS) is 12.7. The highest BCUT2D eigenvalue weighted by Crippen LogP contribution is 2.19. The molecule has 1 aromatic heterocycles. The summed E-state index contributed by atoms with van der Waals surface area (Å²) in [5, 5.41) is 11.9. The van der Waals surface area contributed by atoms with Crippen molar-refractivity contribution in [2.24, 2.45) is 0 Å². The molecule has 0 spiro atoms. The summed E-state index contributed by atoms with van der Waals surface area (Å²) in [6.45, 7) is 0. The molecule has 0 amide bonds. The van der Waals surface area contributed by atoms with Crippen LogP contribution in [0, 0.1) is 0 Å². The Morgan fingerprint density at radius 1 is 1.00 bits per heavy atom. The summed E-state index contributed by atoms with van der Waals surface area (Å²) in [4.78, 5) is 8.40. The number of aromatic nitrogens is 2. The van der Waals surface area contributed by atoms with E-state index >= 15 is 0 Å². The third-order valence-electron chi connectivity index (χ3n) is 2.56. The van der Waals surface area contributed by atoms with Crippen LogP contribution in [0.3, 0.4) is 0 Å². The van der Waals surface area contributed by atoms with Crippen molar-refractivity contribution < 1.29 is 5.11 Å². The molecule has 0 fully saturated rings. The van der Waals surface area contributed by atoms with E-state index in [9.17, 15) is 0 Å². The van der Waals surface area contributed by atoms with E-state index in [0.717, 1.165) is 33.3 Å². The number of benzene rings is 2. The van der Waals surface area contributed by atoms with Gasteiger partial charge in [0.05, 0.1) is 17.3 Å². The predicted molar refractivity (Wildman–Crippen MR) is 59.4 cm³/mol. The second-order valence-electron chi connectivity index (χ2n) is 3.38. The Kier molecular flexibility index (Phi) is 1.59. The summed E-state index contributed by atoms with van der Waals surface area (Å²) < 4.78 is 0. The van der Waals surface area contributed by atoms with Crippen molar-refractivity contribution in [3.05, 3.63) is 41.9 Å². The van der Waals surface area contributed by atoms with Gasteiger partial charge >= 0.3 is 0 Å². The zero-order valence-electron chi connectivity index (χ0n) is 7.88. The molecule has 1 N–H and O–H groups in total. The van der Waals surface area contributed by atoms with Gasteiger partial charge in [0.15, 0.2) is 0 Å². The molecule has 0 aliphatic heterocycles. The zero-order chi connectivity index (χ0) is 10.3. The van der Waals surface area contributed by atoms with E-state index in [1.165, 1.54) is 0 Å². The topological polar surface area (TPSA) is 46.0 Å². The van der Waals surface area contributed by atoms with Gasteiger partial charge in [-0.15, -0.1) is 0 Å². The number of rotatable bonds is 0. The molecule has 72 valence electrons. The molecule has 0 radical (unpaired) electrons. The average Bonchev–Trinajstić information content (AvgIpc) is 2.30. The summed E-state index contributed by atoms with van der Waals surface area (Å²) in [7, 11) is 0. The first-order chi connectivity index (χ1) is 7.40. The first-order valence-corrected chi connectivity index (χ1v) is 4.67. The monoisotopic (exact) mass is 196 g/mol. The summed E-state index contributed by atoms with van der Waals surface area (Å²) >= 11 is 0. The van der Waals surface area contributed by atoms with Gasteiger partial charge in [-0.1, -0.05) is 12.1 Å². The Morgan fingerprint density at radius 3 is 2.60 bits per heavy atom. The Morgan fingerprint density at radius 2 is 1.80 bits per heavy atom. The van der Waals surface area contributed by atoms with Crippen LogP contribution in [0.25, 0.3) is 28.1 Å². The van der Waals surface area contributed by atoms with E-state index in [-0.39, 0.29) is 0 Å². The van der Waals surface area contributed by atoms with Crippen LogP contribution in [-0.4, -0.2) is 15.1 Å². The molecule has 0 bridgehead atoms. The fourth-order valence-corrected chi connectivity index (χ4v) is 1.87. The highest BCUT2D eigenvalue weighted by molar-refractivity contribution is 6.06. The van der Waals surface area contributed by atoms with E-state index in [2.05, 4.69) is 9.97 Å². The van der Waals surface area contributed by atoms with E-state index in [1.54, 1.807) is 6.33 Å². The average molecular weight is 196 g/mol. The maximum Gasteiger partial charge on any atom is 0.116 e. The molecule has 0 atom stereocenters. The second kappa shape index (κ2) is 2.92. The van der Waals surface area contributed by atoms with E-state index in [0.29, 0.717) is 0 Å². The van der Waals surface area contributed by atoms with Crippen molar-refractivity contribution in [2.45, 2.75) is 0 Å². The van der Waals surface area contributed by atoms with Crippen LogP contribution >= 0.6 is 0 Å². The van der Waals surface area contributed by atoms with Gasteiger partial charge in [-0.25, -0.2) is 9.97 Å². The summed E-state index contributed by atoms with van der Waals surface area (Å²) in [6, 6.07) is 9.57. The number of hydrogen-bond acceptors (Lipinski definition) is 3. The smallest absolute Gasteiger partial charge is 0.116 e. The third kappa shape index (κ3) is 1.06. The molecular formula is C12H8N2O. The van der Waals surface area contributed by atoms with Crippen molar-refractivity contribution in [2.75, 3.05) is 0 Å². The minimum atomic E-state index is 0.794. The number of aliphatic hydroxyl groups excluding tert-OH is 1. The van der Waals surface area contributed by atoms with Gasteiger partial charge in [-0.05, 0) is 23.6 Å². The first kappa shape index (κ1) is 8.17. The third-order valence-corrected chi connectivity index (χ3v) is 2.56. The van der Waals surface area contributed by atoms with Crippen LogP contribution in [-0.2, 0) is 0 Å². The highest BCUT2D eigenvalue weighted by atomic mass is 16.2. The molecule has 2 aromatic carbocycles. The molecule has 0 aliphatic rings. The van der Waals surface area contributed by atoms with E-state index < -0.39 is 0 Å². The maximum atomic E-state index is 9.11. The maximum absolute atomic E-state index is 9.11. The first-order valence-electron chi connectivity index (χ1n) is 4.67. The Bertz CT molecular complexity index is 668. The highest BCUT2D eigenvalue weighted by Gasteiger charge is 2.03. The molecule has 0 aliphatic carbocycles. The Labute approximate surface area is 85.7 Å². The molecular weight excluding hydrogens is 188 g/mol. The van der Waals surface area contributed by atoms with Crippen LogP contribution in [0.4, 0.5) is 0 Å². The van der Waals surface area contributed by atoms with Gasteiger partial charge in [0, 0.05) is 10.6 Å². The van der Waals surface area contributed by atoms with Gasteiger partial charge in [-0.2, -0.15) is 0 Å². The summed E-state index contributed by atoms with van der Waals surface area (Å²) in [5.74, 6) is 0. The minimum absolute atomic E-state index is 0.794. The molecule has 3 heteroatoms. The summed E-state index contributed by atoms with van der Waals surface area (Å²) in [6.07, 6.45) is 2.67. The Hall–Kier alpha value is -2.16. The number of aliphatic hydroxyl groups is 1. The van der Waals surface area contributed by atoms with Gasteiger partial charge < -0.3 is 5.11 Å². The number of hydrogen-bond donors (Lipinski definition) is 1. The van der Waals surface area contributed by atoms with E-state index in [4.69, 9.17) is 5.11 Å². The lowest BCUT2D eigenvalue weighted by molar-refractivity contribution is 0.541. The predicted octanol–water partition coefficient (Wildman–Crippen LogP) is 1.80. The van der Waals surface area contributed by atoms with Gasteiger partial charge in [0.1, 0.15) is 6.33 Å². The van der Waals surface area contributed by atoms with Gasteiger partial charge in [0.25, 0.3) is 0 Å². The lowest BCUT2D eigenvalue weighted by Crippen LogP contribution is -2.02. The van der Waals surface area contributed by atoms with Crippen molar-refractivity contribution in [3.63, 3.8) is 0 Å². The molecule has 0 unspecified atom stereocenters. The van der Waals surface area contributed by atoms with Crippen LogP contribution in [0.5, 0.6) is 0 Å². The quantitative estimate of drug-likeness (QED) is 0.596. The molecule has 3 rings (SSSR count). The molecule has 3 nitrogen and oxygen atoms in total. The largest absolute Gasteiger partial charge is 0.515 e. The fraction of sp³-hybridized carbons (Fsp3) is 0. The lowest BCUT2D eigenvalue weighted by atomic mass is 10.1. The van der Waals surface area contributed by atoms with E-state index in [1.807, 2.05) is 30.3 Å². The molecule has 0 saturated carbocycles. The SMILES string of the molecule is O/C=c1/ccc2ncnc3cccc1c32. The fourth-order valence-electron chi connectivity index (χ4n) is 1.87. The van der Waals surface area contributed by atoms with Crippen LogP contribution in [0.15, 0.2) is 36.7 Å². The van der Waals surface area contributed by atoms with Crippen molar-refractivity contribution in [1.29, 1.82) is 0 Å². The van der Waals surface area contributed by atoms with Gasteiger partial charge in [0.2, 0.25) is 0 Å². The molecule has 0 saturated heterocycles. The summed E-state index contributed by atoms with van der Waals surface area (Å²) in [5.41, 5.74) is 1.81. The number of nitrogens with zero attached hydrogens (tertiary/aromatic N) is 2. The van der Waals surface area contributed by atoms with Crippen molar-refractivity contribution in [1.82, 2.24) is 9.97 Å². The second-order valence-corrected chi connectivity index (χ2v) is 3.38. The standard InChI is InChI=1S/C12H8N2O/c15-6-8-4-5-11-12-9(8)2-1-3-10(12)13-7-14-11/h1-7,15H/b8-6-. The van der Waals surface area contributed by atoms with Crippen molar-refractivity contribution in [3.8, 4) is 0 Å². The van der Waals surface area contributed by atoms with Gasteiger partial charge in [-0.3, -0.25) is 0 Å². The zero-order valence-corrected chi connectivity index (χ0v) is 7.88. The molecule has 3 aromatic rings. The van der Waals surface area contributed by atoms with Crippen molar-refractivity contribution >= 4 is 28.1 Å².